The summed E-state index contributed by atoms with van der Waals surface area (Å²) in [6, 6.07) is 8.28. The number of hydrogen-bond donors (Lipinski definition) is 1. The average Bonchev–Trinajstić information content (AvgIpc) is 3.08. The van der Waals surface area contributed by atoms with Gasteiger partial charge in [0.1, 0.15) is 5.82 Å². The monoisotopic (exact) mass is 325 g/mol. The summed E-state index contributed by atoms with van der Waals surface area (Å²) in [4.78, 5) is 6.62. The van der Waals surface area contributed by atoms with Crippen LogP contribution in [-0.2, 0) is 13.0 Å². The van der Waals surface area contributed by atoms with Crippen molar-refractivity contribution >= 4 is 5.82 Å². The number of nitriles is 1. The maximum Gasteiger partial charge on any atom is 0.150 e. The molecule has 126 valence electrons. The number of aryl methyl sites for hydroxylation is 1. The van der Waals surface area contributed by atoms with E-state index in [4.69, 9.17) is 9.78 Å². The molecule has 24 heavy (non-hydrogen) atoms. The third-order valence-electron chi connectivity index (χ3n) is 4.37. The number of pyridine rings is 1. The number of anilines is 1. The van der Waals surface area contributed by atoms with Gasteiger partial charge in [0.25, 0.3) is 0 Å². The first-order valence-electron chi connectivity index (χ1n) is 8.57. The second-order valence-corrected chi connectivity index (χ2v) is 6.19. The highest BCUT2D eigenvalue weighted by atomic mass is 16.5. The van der Waals surface area contributed by atoms with Crippen LogP contribution in [0.3, 0.4) is 0 Å². The minimum absolute atomic E-state index is 0.472. The van der Waals surface area contributed by atoms with E-state index in [-0.39, 0.29) is 0 Å². The fraction of sp³-hybridized carbons (Fsp3) is 0.500. The standard InChI is InChI=1S/C18H23N5O/c1-2-3-16-11-17(24-22-16)13-21-15-5-8-23(9-6-15)18-10-14(12-19)4-7-20-18/h4,7,10-11,15,21H,2-3,5-6,8-9,13H2,1H3. The molecule has 0 unspecified atom stereocenters. The van der Waals surface area contributed by atoms with Gasteiger partial charge in [-0.15, -0.1) is 0 Å². The first-order chi connectivity index (χ1) is 11.8. The van der Waals surface area contributed by atoms with Gasteiger partial charge < -0.3 is 14.7 Å². The van der Waals surface area contributed by atoms with Crippen molar-refractivity contribution in [1.82, 2.24) is 15.5 Å². The number of nitrogens with zero attached hydrogens (tertiary/aromatic N) is 4. The molecule has 3 heterocycles. The van der Waals surface area contributed by atoms with Crippen LogP contribution in [0.4, 0.5) is 5.82 Å². The Balaban J connectivity index is 1.47. The SMILES string of the molecule is CCCc1cc(CNC2CCN(c3cc(C#N)ccn3)CC2)on1. The highest BCUT2D eigenvalue weighted by molar-refractivity contribution is 5.45. The second-order valence-electron chi connectivity index (χ2n) is 6.19. The summed E-state index contributed by atoms with van der Waals surface area (Å²) in [6.07, 6.45) is 5.86. The lowest BCUT2D eigenvalue weighted by Crippen LogP contribution is -2.42. The molecule has 0 atom stereocenters. The van der Waals surface area contributed by atoms with Gasteiger partial charge in [-0.25, -0.2) is 4.98 Å². The van der Waals surface area contributed by atoms with Crippen molar-refractivity contribution in [2.45, 2.75) is 45.2 Å². The zero-order chi connectivity index (χ0) is 16.8. The van der Waals surface area contributed by atoms with E-state index < -0.39 is 0 Å². The van der Waals surface area contributed by atoms with Crippen LogP contribution in [0.1, 0.15) is 43.2 Å². The van der Waals surface area contributed by atoms with E-state index in [0.717, 1.165) is 62.6 Å². The predicted molar refractivity (Wildman–Crippen MR) is 91.5 cm³/mol. The quantitative estimate of drug-likeness (QED) is 0.880. The van der Waals surface area contributed by atoms with E-state index in [1.54, 1.807) is 12.3 Å². The van der Waals surface area contributed by atoms with Crippen LogP contribution in [0.5, 0.6) is 0 Å². The van der Waals surface area contributed by atoms with Crippen LogP contribution < -0.4 is 10.2 Å². The Morgan fingerprint density at radius 3 is 2.96 bits per heavy atom. The molecule has 2 aromatic heterocycles. The number of piperidine rings is 1. The molecule has 1 aliphatic rings. The maximum atomic E-state index is 9.00. The molecule has 6 heteroatoms. The van der Waals surface area contributed by atoms with Crippen molar-refractivity contribution in [3.05, 3.63) is 41.4 Å². The summed E-state index contributed by atoms with van der Waals surface area (Å²) in [7, 11) is 0. The van der Waals surface area contributed by atoms with Crippen molar-refractivity contribution in [3.8, 4) is 6.07 Å². The van der Waals surface area contributed by atoms with Gasteiger partial charge in [-0.05, 0) is 31.4 Å². The molecule has 0 bridgehead atoms. The van der Waals surface area contributed by atoms with Gasteiger partial charge in [-0.1, -0.05) is 18.5 Å². The van der Waals surface area contributed by atoms with Crippen LogP contribution in [0, 0.1) is 11.3 Å². The van der Waals surface area contributed by atoms with Gasteiger partial charge >= 0.3 is 0 Å². The van der Waals surface area contributed by atoms with Crippen molar-refractivity contribution in [2.24, 2.45) is 0 Å². The summed E-state index contributed by atoms with van der Waals surface area (Å²) in [6.45, 7) is 4.75. The summed E-state index contributed by atoms with van der Waals surface area (Å²) >= 11 is 0. The molecule has 0 saturated carbocycles. The molecule has 1 fully saturated rings. The largest absolute Gasteiger partial charge is 0.360 e. The third kappa shape index (κ3) is 4.12. The van der Waals surface area contributed by atoms with Crippen LogP contribution in [0.15, 0.2) is 28.9 Å². The van der Waals surface area contributed by atoms with Gasteiger partial charge in [0.05, 0.1) is 23.9 Å². The maximum absolute atomic E-state index is 9.00. The lowest BCUT2D eigenvalue weighted by Gasteiger charge is -2.33. The third-order valence-corrected chi connectivity index (χ3v) is 4.37. The molecule has 2 aromatic rings. The molecule has 6 nitrogen and oxygen atoms in total. The predicted octanol–water partition coefficient (Wildman–Crippen LogP) is 2.65. The zero-order valence-corrected chi connectivity index (χ0v) is 14.0. The van der Waals surface area contributed by atoms with Crippen molar-refractivity contribution in [3.63, 3.8) is 0 Å². The summed E-state index contributed by atoms with van der Waals surface area (Å²) in [5.74, 6) is 1.80. The van der Waals surface area contributed by atoms with E-state index in [9.17, 15) is 0 Å². The number of hydrogen-bond acceptors (Lipinski definition) is 6. The number of nitrogens with one attached hydrogen (secondary N) is 1. The van der Waals surface area contributed by atoms with Crippen molar-refractivity contribution in [2.75, 3.05) is 18.0 Å². The molecule has 1 saturated heterocycles. The fourth-order valence-electron chi connectivity index (χ4n) is 3.03. The molecule has 1 N–H and O–H groups in total. The Morgan fingerprint density at radius 1 is 1.38 bits per heavy atom. The first kappa shape index (κ1) is 16.5. The summed E-state index contributed by atoms with van der Waals surface area (Å²) < 4.78 is 5.36. The van der Waals surface area contributed by atoms with Crippen LogP contribution in [0.2, 0.25) is 0 Å². The molecule has 0 spiro atoms. The van der Waals surface area contributed by atoms with Gasteiger partial charge in [-0.2, -0.15) is 5.26 Å². The van der Waals surface area contributed by atoms with Gasteiger partial charge in [0.15, 0.2) is 5.76 Å². The highest BCUT2D eigenvalue weighted by Crippen LogP contribution is 2.19. The lowest BCUT2D eigenvalue weighted by atomic mass is 10.0. The van der Waals surface area contributed by atoms with Crippen molar-refractivity contribution in [1.29, 1.82) is 5.26 Å². The number of rotatable bonds is 6. The van der Waals surface area contributed by atoms with Crippen LogP contribution in [-0.4, -0.2) is 29.3 Å². The van der Waals surface area contributed by atoms with E-state index in [2.05, 4.69) is 33.4 Å². The Morgan fingerprint density at radius 2 is 2.21 bits per heavy atom. The van der Waals surface area contributed by atoms with Crippen LogP contribution in [0.25, 0.3) is 0 Å². The van der Waals surface area contributed by atoms with E-state index in [0.29, 0.717) is 11.6 Å². The number of aromatic nitrogens is 2. The summed E-state index contributed by atoms with van der Waals surface area (Å²) in [5.41, 5.74) is 1.70. The molecule has 0 amide bonds. The van der Waals surface area contributed by atoms with Crippen molar-refractivity contribution < 1.29 is 4.52 Å². The molecule has 3 rings (SSSR count). The average molecular weight is 325 g/mol. The Bertz CT molecular complexity index is 697. The highest BCUT2D eigenvalue weighted by Gasteiger charge is 2.20. The van der Waals surface area contributed by atoms with Gasteiger partial charge in [-0.3, -0.25) is 0 Å². The fourth-order valence-corrected chi connectivity index (χ4v) is 3.03. The second kappa shape index (κ2) is 7.93. The molecule has 0 aromatic carbocycles. The summed E-state index contributed by atoms with van der Waals surface area (Å²) in [5, 5.41) is 16.6. The van der Waals surface area contributed by atoms with Gasteiger partial charge in [0, 0.05) is 31.4 Å². The Hall–Kier alpha value is -2.39. The van der Waals surface area contributed by atoms with E-state index in [1.807, 2.05) is 12.1 Å². The minimum Gasteiger partial charge on any atom is -0.360 e. The normalized spacial score (nSPS) is 15.4. The molecular formula is C18H23N5O. The topological polar surface area (TPSA) is 78.0 Å². The zero-order valence-electron chi connectivity index (χ0n) is 14.0. The Kier molecular flexibility index (Phi) is 5.44. The van der Waals surface area contributed by atoms with E-state index in [1.165, 1.54) is 0 Å². The lowest BCUT2D eigenvalue weighted by molar-refractivity contribution is 0.343. The molecular weight excluding hydrogens is 302 g/mol. The van der Waals surface area contributed by atoms with Crippen LogP contribution >= 0.6 is 0 Å². The van der Waals surface area contributed by atoms with Gasteiger partial charge in [0.2, 0.25) is 0 Å². The first-order valence-corrected chi connectivity index (χ1v) is 8.57. The molecule has 0 aliphatic carbocycles. The molecule has 1 aliphatic heterocycles. The Labute approximate surface area is 142 Å². The van der Waals surface area contributed by atoms with E-state index >= 15 is 0 Å². The minimum atomic E-state index is 0.472. The molecule has 0 radical (unpaired) electrons. The smallest absolute Gasteiger partial charge is 0.150 e.